The quantitative estimate of drug-likeness (QED) is 0.508. The monoisotopic (exact) mass is 457 g/mol. The van der Waals surface area contributed by atoms with E-state index in [0.29, 0.717) is 0 Å². The zero-order valence-corrected chi connectivity index (χ0v) is 17.0. The molecule has 0 unspecified atom stereocenters. The number of ketones is 1. The van der Waals surface area contributed by atoms with Crippen molar-refractivity contribution in [3.8, 4) is 5.75 Å². The van der Waals surface area contributed by atoms with Gasteiger partial charge in [0.1, 0.15) is 42.9 Å². The number of alkyl halides is 4. The van der Waals surface area contributed by atoms with E-state index in [1.165, 1.54) is 18.2 Å². The van der Waals surface area contributed by atoms with E-state index >= 15 is 0 Å². The van der Waals surface area contributed by atoms with Crippen LogP contribution in [-0.2, 0) is 16.7 Å². The molecule has 11 heteroatoms. The van der Waals surface area contributed by atoms with Crippen molar-refractivity contribution in [2.75, 3.05) is 19.8 Å². The molecule has 0 bridgehead atoms. The minimum atomic E-state index is -3.56. The normalized spacial score (nSPS) is 20.5. The molecule has 0 saturated carbocycles. The van der Waals surface area contributed by atoms with Crippen molar-refractivity contribution in [1.82, 2.24) is 4.98 Å². The fraction of sp³-hybridized carbons (Fsp3) is 0.381. The van der Waals surface area contributed by atoms with Crippen molar-refractivity contribution >= 4 is 11.6 Å². The Labute approximate surface area is 180 Å². The van der Waals surface area contributed by atoms with Crippen LogP contribution in [0.5, 0.6) is 5.75 Å². The van der Waals surface area contributed by atoms with E-state index in [0.717, 1.165) is 25.3 Å². The molecular formula is C21H20F5N3O3. The van der Waals surface area contributed by atoms with Crippen molar-refractivity contribution in [2.24, 2.45) is 10.7 Å². The lowest BCUT2D eigenvalue weighted by atomic mass is 9.84. The van der Waals surface area contributed by atoms with Crippen molar-refractivity contribution in [3.63, 3.8) is 0 Å². The number of carbonyl (C=O) groups is 1. The van der Waals surface area contributed by atoms with Crippen LogP contribution in [0, 0.1) is 5.82 Å². The van der Waals surface area contributed by atoms with E-state index < -0.39 is 48.3 Å². The number of hydrogen-bond acceptors (Lipinski definition) is 6. The Hall–Kier alpha value is -3.08. The first-order chi connectivity index (χ1) is 15.0. The van der Waals surface area contributed by atoms with Crippen molar-refractivity contribution < 1.29 is 36.2 Å². The third kappa shape index (κ3) is 5.04. The van der Waals surface area contributed by atoms with Gasteiger partial charge in [0.05, 0.1) is 6.20 Å². The van der Waals surface area contributed by atoms with Gasteiger partial charge in [-0.15, -0.1) is 0 Å². The van der Waals surface area contributed by atoms with Gasteiger partial charge in [0, 0.05) is 12.0 Å². The molecule has 1 atom stereocenters. The number of aromatic nitrogens is 1. The highest BCUT2D eigenvalue weighted by atomic mass is 19.3. The molecule has 6 nitrogen and oxygen atoms in total. The van der Waals surface area contributed by atoms with E-state index in [4.69, 9.17) is 15.2 Å². The third-order valence-corrected chi connectivity index (χ3v) is 4.93. The number of aliphatic imine (C=N–C) groups is 1. The Morgan fingerprint density at radius 1 is 1.28 bits per heavy atom. The molecule has 1 aliphatic heterocycles. The van der Waals surface area contributed by atoms with Gasteiger partial charge >= 0.3 is 0 Å². The number of nitrogens with two attached hydrogens (primary N) is 1. The summed E-state index contributed by atoms with van der Waals surface area (Å²) in [4.78, 5) is 20.2. The minimum absolute atomic E-state index is 0.00180. The van der Waals surface area contributed by atoms with Crippen LogP contribution in [0.15, 0.2) is 41.5 Å². The Balaban J connectivity index is 1.84. The van der Waals surface area contributed by atoms with E-state index in [9.17, 15) is 26.7 Å². The highest BCUT2D eigenvalue weighted by molar-refractivity contribution is 5.95. The number of carbonyl (C=O) groups excluding carboxylic acids is 1. The molecule has 1 aromatic heterocycles. The summed E-state index contributed by atoms with van der Waals surface area (Å²) in [5.74, 6) is -5.13. The van der Waals surface area contributed by atoms with Crippen LogP contribution in [0.25, 0.3) is 0 Å². The zero-order valence-electron chi connectivity index (χ0n) is 17.0. The van der Waals surface area contributed by atoms with Crippen molar-refractivity contribution in [2.45, 2.75) is 31.2 Å². The van der Waals surface area contributed by atoms with Crippen LogP contribution in [0.1, 0.15) is 28.5 Å². The standard InChI is InChI=1S/C21H20F5N3O3/c1-20(21(25,26)11-31-10-19(27)29-20)14-6-12(2-4-15(14)22)7-17(30)16-5-3-13(8-28-16)32-9-18(23)24/h2-6,8,18H,7,9-11H2,1H3,(H2,27,29)/t20-/m1/s1. The number of amidine groups is 1. The number of pyridine rings is 1. The second-order valence-corrected chi connectivity index (χ2v) is 7.37. The van der Waals surface area contributed by atoms with Gasteiger partial charge in [-0.3, -0.25) is 9.79 Å². The molecule has 0 fully saturated rings. The average molecular weight is 457 g/mol. The molecule has 172 valence electrons. The number of hydrogen-bond donors (Lipinski definition) is 1. The SMILES string of the molecule is C[C@]1(c2cc(CC(=O)c3ccc(OCC(F)F)cn3)ccc2F)N=C(N)COCC1(F)F. The van der Waals surface area contributed by atoms with E-state index in [1.807, 2.05) is 0 Å². The van der Waals surface area contributed by atoms with Gasteiger partial charge in [-0.25, -0.2) is 26.9 Å². The van der Waals surface area contributed by atoms with Crippen molar-refractivity contribution in [1.29, 1.82) is 0 Å². The van der Waals surface area contributed by atoms with Gasteiger partial charge in [-0.2, -0.15) is 0 Å². The lowest BCUT2D eigenvalue weighted by Crippen LogP contribution is -2.45. The lowest BCUT2D eigenvalue weighted by molar-refractivity contribution is -0.116. The van der Waals surface area contributed by atoms with Crippen LogP contribution in [0.3, 0.4) is 0 Å². The molecular weight excluding hydrogens is 437 g/mol. The van der Waals surface area contributed by atoms with Gasteiger partial charge in [0.2, 0.25) is 0 Å². The maximum Gasteiger partial charge on any atom is 0.299 e. The number of benzene rings is 1. The molecule has 0 spiro atoms. The Kier molecular flexibility index (Phi) is 6.77. The average Bonchev–Trinajstić information content (AvgIpc) is 2.83. The maximum atomic E-state index is 14.8. The largest absolute Gasteiger partial charge is 0.486 e. The molecule has 1 aromatic carbocycles. The van der Waals surface area contributed by atoms with Gasteiger partial charge in [0.25, 0.3) is 12.3 Å². The van der Waals surface area contributed by atoms with Crippen LogP contribution in [-0.4, -0.2) is 48.8 Å². The topological polar surface area (TPSA) is 86.8 Å². The van der Waals surface area contributed by atoms with Gasteiger partial charge in [0.15, 0.2) is 11.3 Å². The summed E-state index contributed by atoms with van der Waals surface area (Å²) in [6.45, 7) is -1.07. The van der Waals surface area contributed by atoms with Gasteiger partial charge in [-0.05, 0) is 36.8 Å². The lowest BCUT2D eigenvalue weighted by Gasteiger charge is -2.33. The smallest absolute Gasteiger partial charge is 0.299 e. The van der Waals surface area contributed by atoms with Crippen molar-refractivity contribution in [3.05, 3.63) is 59.2 Å². The van der Waals surface area contributed by atoms with Crippen LogP contribution in [0.4, 0.5) is 22.0 Å². The molecule has 2 N–H and O–H groups in total. The maximum absolute atomic E-state index is 14.8. The fourth-order valence-electron chi connectivity index (χ4n) is 3.20. The molecule has 0 amide bonds. The number of nitrogens with zero attached hydrogens (tertiary/aromatic N) is 2. The Morgan fingerprint density at radius 3 is 2.69 bits per heavy atom. The minimum Gasteiger partial charge on any atom is -0.486 e. The van der Waals surface area contributed by atoms with Crippen LogP contribution < -0.4 is 10.5 Å². The molecule has 0 saturated heterocycles. The highest BCUT2D eigenvalue weighted by Crippen LogP contribution is 2.43. The highest BCUT2D eigenvalue weighted by Gasteiger charge is 2.54. The second-order valence-electron chi connectivity index (χ2n) is 7.37. The molecule has 2 heterocycles. The molecule has 3 rings (SSSR count). The first kappa shape index (κ1) is 23.6. The molecule has 32 heavy (non-hydrogen) atoms. The number of halogens is 5. The van der Waals surface area contributed by atoms with Gasteiger partial charge < -0.3 is 15.2 Å². The molecule has 1 aliphatic rings. The predicted molar refractivity (Wildman–Crippen MR) is 105 cm³/mol. The summed E-state index contributed by atoms with van der Waals surface area (Å²) in [5.41, 5.74) is 3.11. The third-order valence-electron chi connectivity index (χ3n) is 4.93. The first-order valence-corrected chi connectivity index (χ1v) is 9.51. The predicted octanol–water partition coefficient (Wildman–Crippen LogP) is 3.53. The Bertz CT molecular complexity index is 1010. The van der Waals surface area contributed by atoms with E-state index in [-0.39, 0.29) is 35.9 Å². The second kappa shape index (κ2) is 9.19. The van der Waals surface area contributed by atoms with E-state index in [2.05, 4.69) is 9.98 Å². The summed E-state index contributed by atoms with van der Waals surface area (Å²) < 4.78 is 78.1. The molecule has 0 radical (unpaired) electrons. The van der Waals surface area contributed by atoms with Crippen LogP contribution in [0.2, 0.25) is 0 Å². The van der Waals surface area contributed by atoms with Crippen LogP contribution >= 0.6 is 0 Å². The first-order valence-electron chi connectivity index (χ1n) is 9.51. The fourth-order valence-corrected chi connectivity index (χ4v) is 3.20. The van der Waals surface area contributed by atoms with Gasteiger partial charge in [-0.1, -0.05) is 6.07 Å². The number of ether oxygens (including phenoxy) is 2. The summed E-state index contributed by atoms with van der Waals surface area (Å²) in [6, 6.07) is 6.01. The summed E-state index contributed by atoms with van der Waals surface area (Å²) in [6.07, 6.45) is -1.80. The Morgan fingerprint density at radius 2 is 2.03 bits per heavy atom. The zero-order chi connectivity index (χ0) is 23.5. The summed E-state index contributed by atoms with van der Waals surface area (Å²) >= 11 is 0. The summed E-state index contributed by atoms with van der Waals surface area (Å²) in [5, 5.41) is 0. The number of Topliss-reactive ketones (excluding diaryl/α,β-unsaturated/α-hetero) is 1. The van der Waals surface area contributed by atoms with E-state index in [1.54, 1.807) is 0 Å². The number of rotatable bonds is 7. The summed E-state index contributed by atoms with van der Waals surface area (Å²) in [7, 11) is 0. The molecule has 0 aliphatic carbocycles. The molecule has 2 aromatic rings.